The first-order valence-corrected chi connectivity index (χ1v) is 10.1. The van der Waals surface area contributed by atoms with E-state index in [9.17, 15) is 13.6 Å². The van der Waals surface area contributed by atoms with E-state index >= 15 is 0 Å². The molecule has 0 N–H and O–H groups in total. The molecule has 6 nitrogen and oxygen atoms in total. The van der Waals surface area contributed by atoms with E-state index in [0.717, 1.165) is 43.6 Å². The van der Waals surface area contributed by atoms with Crippen LogP contribution in [0.3, 0.4) is 0 Å². The highest BCUT2D eigenvalue weighted by Gasteiger charge is 2.42. The molecule has 2 aliphatic rings. The van der Waals surface area contributed by atoms with Crippen LogP contribution >= 0.6 is 0 Å². The first-order chi connectivity index (χ1) is 15.0. The molecule has 2 aromatic heterocycles. The molecule has 0 atom stereocenters. The van der Waals surface area contributed by atoms with Crippen molar-refractivity contribution >= 4 is 5.78 Å². The molecule has 0 bridgehead atoms. The van der Waals surface area contributed by atoms with Crippen LogP contribution in [0.1, 0.15) is 45.7 Å². The minimum atomic E-state index is -1.07. The summed E-state index contributed by atoms with van der Waals surface area (Å²) in [4.78, 5) is 27.3. The Morgan fingerprint density at radius 3 is 2.58 bits per heavy atom. The number of hydrogen-bond acceptors (Lipinski definition) is 6. The molecule has 1 spiro atoms. The number of piperidine rings is 1. The van der Waals surface area contributed by atoms with Gasteiger partial charge in [0.05, 0.1) is 12.2 Å². The van der Waals surface area contributed by atoms with Crippen LogP contribution in [-0.2, 0) is 23.5 Å². The van der Waals surface area contributed by atoms with Gasteiger partial charge in [-0.05, 0) is 42.7 Å². The second kappa shape index (κ2) is 7.86. The summed E-state index contributed by atoms with van der Waals surface area (Å²) >= 11 is 0. The zero-order valence-corrected chi connectivity index (χ0v) is 16.7. The van der Waals surface area contributed by atoms with E-state index < -0.39 is 17.4 Å². The number of ketones is 1. The van der Waals surface area contributed by atoms with Crippen molar-refractivity contribution < 1.29 is 18.3 Å². The highest BCUT2D eigenvalue weighted by Crippen LogP contribution is 2.43. The fourth-order valence-electron chi connectivity index (χ4n) is 4.32. The predicted molar refractivity (Wildman–Crippen MR) is 107 cm³/mol. The van der Waals surface area contributed by atoms with Gasteiger partial charge in [-0.1, -0.05) is 0 Å². The van der Waals surface area contributed by atoms with Crippen molar-refractivity contribution in [2.75, 3.05) is 13.1 Å². The molecule has 0 saturated carbocycles. The number of likely N-dealkylation sites (tertiary alicyclic amines) is 1. The highest BCUT2D eigenvalue weighted by atomic mass is 19.2. The van der Waals surface area contributed by atoms with Crippen LogP contribution in [0.5, 0.6) is 0 Å². The lowest BCUT2D eigenvalue weighted by molar-refractivity contribution is -0.0800. The van der Waals surface area contributed by atoms with Gasteiger partial charge < -0.3 is 4.74 Å². The van der Waals surface area contributed by atoms with E-state index in [4.69, 9.17) is 4.74 Å². The van der Waals surface area contributed by atoms with Crippen molar-refractivity contribution in [3.63, 3.8) is 0 Å². The van der Waals surface area contributed by atoms with Crippen LogP contribution in [0.2, 0.25) is 0 Å². The normalized spacial score (nSPS) is 17.6. The lowest BCUT2D eigenvalue weighted by Gasteiger charge is -2.39. The Morgan fingerprint density at radius 1 is 1.06 bits per heavy atom. The van der Waals surface area contributed by atoms with E-state index in [1.165, 1.54) is 17.2 Å². The molecular formula is C23H20F2N4O2. The Morgan fingerprint density at radius 2 is 1.84 bits per heavy atom. The topological polar surface area (TPSA) is 68.2 Å². The molecule has 8 heteroatoms. The Balaban J connectivity index is 1.22. The SMILES string of the molecule is O=C(c1ccc(F)c(F)c1)c1ncc(CN2CCC3(CC2)OCc2ccncc23)cn1. The summed E-state index contributed by atoms with van der Waals surface area (Å²) in [6.07, 6.45) is 8.72. The number of ether oxygens (including phenoxy) is 1. The molecule has 158 valence electrons. The van der Waals surface area contributed by atoms with Gasteiger partial charge in [0, 0.05) is 61.1 Å². The molecule has 0 radical (unpaired) electrons. The first kappa shape index (κ1) is 19.8. The average molecular weight is 422 g/mol. The Kier molecular flexibility index (Phi) is 5.03. The van der Waals surface area contributed by atoms with E-state index in [1.807, 2.05) is 12.3 Å². The third-order valence-electron chi connectivity index (χ3n) is 6.07. The predicted octanol–water partition coefficient (Wildman–Crippen LogP) is 3.40. The third-order valence-corrected chi connectivity index (χ3v) is 6.07. The average Bonchev–Trinajstić information content (AvgIpc) is 3.16. The van der Waals surface area contributed by atoms with Crippen LogP contribution in [0.4, 0.5) is 8.78 Å². The van der Waals surface area contributed by atoms with Gasteiger partial charge in [-0.2, -0.15) is 0 Å². The number of carbonyl (C=O) groups excluding carboxylic acids is 1. The quantitative estimate of drug-likeness (QED) is 0.601. The molecule has 2 aliphatic heterocycles. The largest absolute Gasteiger partial charge is 0.365 e. The summed E-state index contributed by atoms with van der Waals surface area (Å²) in [5.74, 6) is -2.67. The molecule has 31 heavy (non-hydrogen) atoms. The molecule has 5 rings (SSSR count). The Bertz CT molecular complexity index is 1130. The molecule has 0 aliphatic carbocycles. The number of benzene rings is 1. The van der Waals surface area contributed by atoms with Gasteiger partial charge in [0.1, 0.15) is 0 Å². The molecule has 1 saturated heterocycles. The fourth-order valence-corrected chi connectivity index (χ4v) is 4.32. The van der Waals surface area contributed by atoms with Crippen molar-refractivity contribution in [3.05, 3.63) is 88.8 Å². The number of aromatic nitrogens is 3. The van der Waals surface area contributed by atoms with Crippen LogP contribution in [0, 0.1) is 11.6 Å². The summed E-state index contributed by atoms with van der Waals surface area (Å²) in [5.41, 5.74) is 3.08. The zero-order chi connectivity index (χ0) is 21.4. The van der Waals surface area contributed by atoms with Crippen molar-refractivity contribution in [3.8, 4) is 0 Å². The maximum absolute atomic E-state index is 13.4. The van der Waals surface area contributed by atoms with Gasteiger partial charge >= 0.3 is 0 Å². The van der Waals surface area contributed by atoms with E-state index in [-0.39, 0.29) is 17.0 Å². The highest BCUT2D eigenvalue weighted by molar-refractivity contribution is 6.06. The zero-order valence-electron chi connectivity index (χ0n) is 16.7. The van der Waals surface area contributed by atoms with Crippen molar-refractivity contribution in [2.45, 2.75) is 31.6 Å². The minimum absolute atomic E-state index is 0.0133. The first-order valence-electron chi connectivity index (χ1n) is 10.1. The number of halogens is 2. The summed E-state index contributed by atoms with van der Waals surface area (Å²) < 4.78 is 32.6. The molecule has 0 unspecified atom stereocenters. The standard InChI is InChI=1S/C23H20F2N4O2/c24-19-2-1-16(9-20(19)25)21(30)22-27-10-15(11-28-22)13-29-7-4-23(5-8-29)18-12-26-6-3-17(18)14-31-23/h1-3,6,9-12H,4-5,7-8,13-14H2. The van der Waals surface area contributed by atoms with Gasteiger partial charge in [0.2, 0.25) is 11.6 Å². The third kappa shape index (κ3) is 3.73. The van der Waals surface area contributed by atoms with Crippen LogP contribution < -0.4 is 0 Å². The maximum atomic E-state index is 13.4. The lowest BCUT2D eigenvalue weighted by atomic mass is 9.84. The lowest BCUT2D eigenvalue weighted by Crippen LogP contribution is -2.42. The number of nitrogens with zero attached hydrogens (tertiary/aromatic N) is 4. The molecule has 1 fully saturated rings. The van der Waals surface area contributed by atoms with Gasteiger partial charge in [0.15, 0.2) is 11.6 Å². The van der Waals surface area contributed by atoms with Crippen LogP contribution in [0.25, 0.3) is 0 Å². The minimum Gasteiger partial charge on any atom is -0.365 e. The smallest absolute Gasteiger partial charge is 0.230 e. The van der Waals surface area contributed by atoms with Crippen molar-refractivity contribution in [1.82, 2.24) is 19.9 Å². The summed E-state index contributed by atoms with van der Waals surface area (Å²) in [6, 6.07) is 5.02. The van der Waals surface area contributed by atoms with E-state index in [0.29, 0.717) is 13.2 Å². The molecular weight excluding hydrogens is 402 g/mol. The van der Waals surface area contributed by atoms with Gasteiger partial charge in [-0.15, -0.1) is 0 Å². The second-order valence-corrected chi connectivity index (χ2v) is 7.96. The Hall–Kier alpha value is -3.10. The molecule has 3 aromatic rings. The fraction of sp³-hybridized carbons (Fsp3) is 0.304. The maximum Gasteiger partial charge on any atom is 0.230 e. The van der Waals surface area contributed by atoms with Crippen LogP contribution in [-0.4, -0.2) is 38.7 Å². The monoisotopic (exact) mass is 422 g/mol. The van der Waals surface area contributed by atoms with Crippen molar-refractivity contribution in [1.29, 1.82) is 0 Å². The Labute approximate surface area is 177 Å². The van der Waals surface area contributed by atoms with Gasteiger partial charge in [-0.25, -0.2) is 18.7 Å². The van der Waals surface area contributed by atoms with Crippen LogP contribution in [0.15, 0.2) is 49.1 Å². The van der Waals surface area contributed by atoms with Gasteiger partial charge in [0.25, 0.3) is 0 Å². The number of fused-ring (bicyclic) bond motifs is 2. The number of pyridine rings is 1. The van der Waals surface area contributed by atoms with E-state index in [2.05, 4.69) is 19.9 Å². The summed E-state index contributed by atoms with van der Waals surface area (Å²) in [6.45, 7) is 3.03. The van der Waals surface area contributed by atoms with Crippen molar-refractivity contribution in [2.24, 2.45) is 0 Å². The van der Waals surface area contributed by atoms with Gasteiger partial charge in [-0.3, -0.25) is 14.7 Å². The second-order valence-electron chi connectivity index (χ2n) is 7.96. The summed E-state index contributed by atoms with van der Waals surface area (Å²) in [7, 11) is 0. The van der Waals surface area contributed by atoms with E-state index in [1.54, 1.807) is 18.6 Å². The molecule has 0 amide bonds. The summed E-state index contributed by atoms with van der Waals surface area (Å²) in [5, 5.41) is 0. The number of hydrogen-bond donors (Lipinski definition) is 0. The number of carbonyl (C=O) groups is 1. The molecule has 4 heterocycles. The molecule has 1 aromatic carbocycles. The number of rotatable bonds is 4.